The number of aryl methyl sites for hydroxylation is 1. The van der Waals surface area contributed by atoms with E-state index in [-0.39, 0.29) is 5.91 Å². The van der Waals surface area contributed by atoms with Crippen molar-refractivity contribution >= 4 is 33.9 Å². The van der Waals surface area contributed by atoms with E-state index >= 15 is 0 Å². The second kappa shape index (κ2) is 7.40. The highest BCUT2D eigenvalue weighted by Crippen LogP contribution is 2.25. The SMILES string of the molecule is CCCN(C(=O)c1cccs1)C1CCN(c2nc(C)ns2)CC1. The maximum Gasteiger partial charge on any atom is 0.264 e. The zero-order valence-electron chi connectivity index (χ0n) is 13.6. The lowest BCUT2D eigenvalue weighted by Crippen LogP contribution is -2.47. The summed E-state index contributed by atoms with van der Waals surface area (Å²) >= 11 is 3.00. The molecule has 1 amide bonds. The lowest BCUT2D eigenvalue weighted by atomic mass is 10.0. The zero-order valence-corrected chi connectivity index (χ0v) is 15.2. The Balaban J connectivity index is 1.65. The molecule has 7 heteroatoms. The predicted molar refractivity (Wildman–Crippen MR) is 95.5 cm³/mol. The molecule has 1 saturated heterocycles. The predicted octanol–water partition coefficient (Wildman–Crippen LogP) is 3.43. The van der Waals surface area contributed by atoms with Gasteiger partial charge in [0, 0.05) is 37.2 Å². The van der Waals surface area contributed by atoms with Crippen molar-refractivity contribution in [2.75, 3.05) is 24.5 Å². The molecule has 2 aromatic rings. The Hall–Kier alpha value is -1.47. The molecule has 0 unspecified atom stereocenters. The van der Waals surface area contributed by atoms with Crippen molar-refractivity contribution in [3.63, 3.8) is 0 Å². The fraction of sp³-hybridized carbons (Fsp3) is 0.562. The van der Waals surface area contributed by atoms with E-state index in [0.29, 0.717) is 6.04 Å². The fourth-order valence-corrected chi connectivity index (χ4v) is 4.42. The van der Waals surface area contributed by atoms with Gasteiger partial charge < -0.3 is 9.80 Å². The van der Waals surface area contributed by atoms with Gasteiger partial charge in [-0.1, -0.05) is 13.0 Å². The second-order valence-corrected chi connectivity index (χ2v) is 7.50. The van der Waals surface area contributed by atoms with Crippen molar-refractivity contribution in [3.8, 4) is 0 Å². The molecule has 23 heavy (non-hydrogen) atoms. The van der Waals surface area contributed by atoms with Crippen LogP contribution in [0.25, 0.3) is 0 Å². The number of amides is 1. The number of rotatable bonds is 5. The van der Waals surface area contributed by atoms with Crippen molar-refractivity contribution in [3.05, 3.63) is 28.2 Å². The Morgan fingerprint density at radius 2 is 2.22 bits per heavy atom. The summed E-state index contributed by atoms with van der Waals surface area (Å²) in [5.41, 5.74) is 0. The number of nitrogens with zero attached hydrogens (tertiary/aromatic N) is 4. The van der Waals surface area contributed by atoms with Gasteiger partial charge in [-0.15, -0.1) is 11.3 Å². The topological polar surface area (TPSA) is 49.3 Å². The molecule has 5 nitrogen and oxygen atoms in total. The minimum absolute atomic E-state index is 0.187. The van der Waals surface area contributed by atoms with Crippen LogP contribution in [0.1, 0.15) is 41.7 Å². The van der Waals surface area contributed by atoms with Crippen molar-refractivity contribution in [1.82, 2.24) is 14.3 Å². The molecule has 3 heterocycles. The molecule has 0 N–H and O–H groups in total. The van der Waals surface area contributed by atoms with Gasteiger partial charge in [-0.3, -0.25) is 4.79 Å². The number of carbonyl (C=O) groups is 1. The number of carbonyl (C=O) groups excluding carboxylic acids is 1. The van der Waals surface area contributed by atoms with Crippen LogP contribution < -0.4 is 4.90 Å². The van der Waals surface area contributed by atoms with Crippen LogP contribution in [0.3, 0.4) is 0 Å². The molecule has 0 bridgehead atoms. The molecular formula is C16H22N4OS2. The van der Waals surface area contributed by atoms with Crippen LogP contribution in [0.5, 0.6) is 0 Å². The smallest absolute Gasteiger partial charge is 0.264 e. The van der Waals surface area contributed by atoms with Gasteiger partial charge in [0.2, 0.25) is 5.13 Å². The molecule has 1 aliphatic rings. The molecule has 0 aliphatic carbocycles. The van der Waals surface area contributed by atoms with Crippen LogP contribution in [0, 0.1) is 6.92 Å². The number of piperidine rings is 1. The van der Waals surface area contributed by atoms with Crippen LogP contribution in [-0.4, -0.2) is 45.8 Å². The third-order valence-electron chi connectivity index (χ3n) is 4.15. The maximum absolute atomic E-state index is 12.8. The number of thiophene rings is 1. The van der Waals surface area contributed by atoms with E-state index in [1.54, 1.807) is 0 Å². The van der Waals surface area contributed by atoms with Crippen molar-refractivity contribution in [2.24, 2.45) is 0 Å². The standard InChI is InChI=1S/C16H22N4OS2/c1-3-8-20(15(21)14-5-4-11-22-14)13-6-9-19(10-7-13)16-17-12(2)18-23-16/h4-5,11,13H,3,6-10H2,1-2H3. The number of anilines is 1. The van der Waals surface area contributed by atoms with E-state index in [0.717, 1.165) is 54.7 Å². The van der Waals surface area contributed by atoms with Crippen molar-refractivity contribution < 1.29 is 4.79 Å². The first-order chi connectivity index (χ1) is 11.2. The first-order valence-electron chi connectivity index (χ1n) is 8.08. The van der Waals surface area contributed by atoms with Gasteiger partial charge in [-0.05, 0) is 37.6 Å². The second-order valence-electron chi connectivity index (χ2n) is 5.82. The van der Waals surface area contributed by atoms with Crippen molar-refractivity contribution in [2.45, 2.75) is 39.2 Å². The normalized spacial score (nSPS) is 15.8. The first-order valence-corrected chi connectivity index (χ1v) is 9.74. The van der Waals surface area contributed by atoms with E-state index in [4.69, 9.17) is 0 Å². The van der Waals surface area contributed by atoms with E-state index in [1.165, 1.54) is 22.9 Å². The largest absolute Gasteiger partial charge is 0.347 e. The molecule has 0 saturated carbocycles. The molecule has 0 spiro atoms. The summed E-state index contributed by atoms with van der Waals surface area (Å²) in [4.78, 5) is 22.4. The van der Waals surface area contributed by atoms with E-state index in [2.05, 4.69) is 26.1 Å². The summed E-state index contributed by atoms with van der Waals surface area (Å²) in [6, 6.07) is 4.20. The number of aromatic nitrogens is 2. The van der Waals surface area contributed by atoms with Gasteiger partial charge in [-0.2, -0.15) is 4.37 Å². The van der Waals surface area contributed by atoms with Crippen LogP contribution in [-0.2, 0) is 0 Å². The summed E-state index contributed by atoms with van der Waals surface area (Å²) in [6.07, 6.45) is 2.98. The highest BCUT2D eigenvalue weighted by Gasteiger charge is 2.29. The Morgan fingerprint density at radius 3 is 2.78 bits per heavy atom. The minimum atomic E-state index is 0.187. The highest BCUT2D eigenvalue weighted by atomic mass is 32.1. The van der Waals surface area contributed by atoms with Gasteiger partial charge >= 0.3 is 0 Å². The Kier molecular flexibility index (Phi) is 5.27. The molecule has 2 aromatic heterocycles. The summed E-state index contributed by atoms with van der Waals surface area (Å²) in [5, 5.41) is 2.98. The monoisotopic (exact) mass is 350 g/mol. The van der Waals surface area contributed by atoms with Gasteiger partial charge in [0.1, 0.15) is 5.82 Å². The molecule has 1 aliphatic heterocycles. The zero-order chi connectivity index (χ0) is 16.2. The third-order valence-corrected chi connectivity index (χ3v) is 5.88. The average molecular weight is 351 g/mol. The van der Waals surface area contributed by atoms with E-state index in [1.807, 2.05) is 24.4 Å². The molecular weight excluding hydrogens is 328 g/mol. The number of hydrogen-bond acceptors (Lipinski definition) is 6. The summed E-state index contributed by atoms with van der Waals surface area (Å²) < 4.78 is 4.26. The molecule has 0 atom stereocenters. The highest BCUT2D eigenvalue weighted by molar-refractivity contribution is 7.12. The minimum Gasteiger partial charge on any atom is -0.347 e. The third kappa shape index (κ3) is 3.72. The molecule has 3 rings (SSSR count). The number of hydrogen-bond donors (Lipinski definition) is 0. The maximum atomic E-state index is 12.8. The van der Waals surface area contributed by atoms with Gasteiger partial charge in [0.15, 0.2) is 0 Å². The van der Waals surface area contributed by atoms with Crippen LogP contribution in [0.15, 0.2) is 17.5 Å². The van der Waals surface area contributed by atoms with Crippen LogP contribution in [0.2, 0.25) is 0 Å². The van der Waals surface area contributed by atoms with Gasteiger partial charge in [0.25, 0.3) is 5.91 Å². The Labute approximate surface area is 145 Å². The van der Waals surface area contributed by atoms with Crippen LogP contribution >= 0.6 is 22.9 Å². The lowest BCUT2D eigenvalue weighted by molar-refractivity contribution is 0.0655. The Bertz CT molecular complexity index is 632. The fourth-order valence-electron chi connectivity index (χ4n) is 3.02. The van der Waals surface area contributed by atoms with Gasteiger partial charge in [-0.25, -0.2) is 4.98 Å². The van der Waals surface area contributed by atoms with Gasteiger partial charge in [0.05, 0.1) is 4.88 Å². The Morgan fingerprint density at radius 1 is 1.43 bits per heavy atom. The average Bonchev–Trinajstić information content (AvgIpc) is 3.24. The van der Waals surface area contributed by atoms with Crippen molar-refractivity contribution in [1.29, 1.82) is 0 Å². The lowest BCUT2D eigenvalue weighted by Gasteiger charge is -2.38. The van der Waals surface area contributed by atoms with E-state index in [9.17, 15) is 4.79 Å². The van der Waals surface area contributed by atoms with E-state index < -0.39 is 0 Å². The first kappa shape index (κ1) is 16.4. The molecule has 1 fully saturated rings. The molecule has 124 valence electrons. The molecule has 0 radical (unpaired) electrons. The quantitative estimate of drug-likeness (QED) is 0.829. The molecule has 0 aromatic carbocycles. The summed E-state index contributed by atoms with van der Waals surface area (Å²) in [7, 11) is 0. The summed E-state index contributed by atoms with van der Waals surface area (Å²) in [6.45, 7) is 6.77. The summed E-state index contributed by atoms with van der Waals surface area (Å²) in [5.74, 6) is 1.03. The van der Waals surface area contributed by atoms with Crippen LogP contribution in [0.4, 0.5) is 5.13 Å².